The number of hydrogen-bond donors (Lipinski definition) is 1. The molecule has 0 saturated carbocycles. The van der Waals surface area contributed by atoms with Crippen LogP contribution >= 0.6 is 0 Å². The van der Waals surface area contributed by atoms with Crippen molar-refractivity contribution in [3.05, 3.63) is 0 Å². The van der Waals surface area contributed by atoms with E-state index in [-0.39, 0.29) is 0 Å². The van der Waals surface area contributed by atoms with Crippen LogP contribution in [0.3, 0.4) is 0 Å². The molecule has 0 atom stereocenters. The first-order chi connectivity index (χ1) is 9.63. The number of hydrogen-bond acceptors (Lipinski definition) is 3. The monoisotopic (exact) mass is 281 g/mol. The second-order valence-electron chi connectivity index (χ2n) is 7.06. The molecule has 0 amide bonds. The molecule has 118 valence electrons. The summed E-state index contributed by atoms with van der Waals surface area (Å²) in [5, 5.41) is 0. The average Bonchev–Trinajstić information content (AvgIpc) is 2.55. The summed E-state index contributed by atoms with van der Waals surface area (Å²) in [6, 6.07) is 0. The molecule has 0 radical (unpaired) electrons. The second kappa shape index (κ2) is 6.76. The van der Waals surface area contributed by atoms with Gasteiger partial charge in [-0.1, -0.05) is 33.6 Å². The smallest absolute Gasteiger partial charge is 0.0356 e. The van der Waals surface area contributed by atoms with Crippen molar-refractivity contribution in [1.82, 2.24) is 9.80 Å². The zero-order chi connectivity index (χ0) is 14.6. The summed E-state index contributed by atoms with van der Waals surface area (Å²) in [4.78, 5) is 5.32. The zero-order valence-corrected chi connectivity index (χ0v) is 14.0. The fourth-order valence-corrected chi connectivity index (χ4v) is 4.35. The van der Waals surface area contributed by atoms with Gasteiger partial charge in [0.25, 0.3) is 0 Å². The lowest BCUT2D eigenvalue weighted by atomic mass is 9.72. The molecule has 0 aromatic carbocycles. The third kappa shape index (κ3) is 3.05. The maximum absolute atomic E-state index is 6.23. The van der Waals surface area contributed by atoms with Gasteiger partial charge in [-0.15, -0.1) is 0 Å². The maximum Gasteiger partial charge on any atom is 0.0356 e. The summed E-state index contributed by atoms with van der Waals surface area (Å²) in [5.41, 5.74) is 7.15. The Labute approximate surface area is 125 Å². The first-order valence-corrected chi connectivity index (χ1v) is 8.81. The summed E-state index contributed by atoms with van der Waals surface area (Å²) in [5.74, 6) is 0. The van der Waals surface area contributed by atoms with Gasteiger partial charge in [0.15, 0.2) is 0 Å². The molecule has 2 rings (SSSR count). The maximum atomic E-state index is 6.23. The fourth-order valence-electron chi connectivity index (χ4n) is 4.35. The molecule has 2 N–H and O–H groups in total. The lowest BCUT2D eigenvalue weighted by molar-refractivity contribution is -0.0179. The van der Waals surface area contributed by atoms with Crippen LogP contribution in [0.1, 0.15) is 59.3 Å². The van der Waals surface area contributed by atoms with Gasteiger partial charge in [-0.2, -0.15) is 0 Å². The van der Waals surface area contributed by atoms with E-state index < -0.39 is 0 Å². The largest absolute Gasteiger partial charge is 0.329 e. The summed E-state index contributed by atoms with van der Waals surface area (Å²) in [6.07, 6.45) is 7.97. The minimum absolute atomic E-state index is 0.305. The van der Waals surface area contributed by atoms with E-state index in [1.165, 1.54) is 71.2 Å². The molecule has 3 nitrogen and oxygen atoms in total. The van der Waals surface area contributed by atoms with Gasteiger partial charge in [-0.3, -0.25) is 4.90 Å². The van der Waals surface area contributed by atoms with E-state index >= 15 is 0 Å². The molecule has 2 aliphatic heterocycles. The number of nitrogens with two attached hydrogens (primary N) is 1. The van der Waals surface area contributed by atoms with Crippen molar-refractivity contribution < 1.29 is 0 Å². The SMILES string of the molecule is CCN1CCC(CN)(N2CCC(CC)(CC)CC2)CC1. The van der Waals surface area contributed by atoms with Crippen molar-refractivity contribution >= 4 is 0 Å². The summed E-state index contributed by atoms with van der Waals surface area (Å²) in [7, 11) is 0. The molecule has 2 heterocycles. The molecule has 0 spiro atoms. The standard InChI is InChI=1S/C17H35N3/c1-4-16(5-2)7-13-20(14-8-16)17(15-18)9-11-19(6-3)12-10-17/h4-15,18H2,1-3H3. The molecule has 0 bridgehead atoms. The van der Waals surface area contributed by atoms with Gasteiger partial charge in [0, 0.05) is 12.1 Å². The van der Waals surface area contributed by atoms with E-state index in [4.69, 9.17) is 5.73 Å². The van der Waals surface area contributed by atoms with Crippen molar-refractivity contribution in [1.29, 1.82) is 0 Å². The Bertz CT molecular complexity index is 281. The molecule has 2 saturated heterocycles. The molecule has 2 fully saturated rings. The third-order valence-corrected chi connectivity index (χ3v) is 6.61. The Hall–Kier alpha value is -0.120. The van der Waals surface area contributed by atoms with Crippen LogP contribution in [0, 0.1) is 5.41 Å². The van der Waals surface area contributed by atoms with Gasteiger partial charge in [0.05, 0.1) is 0 Å². The number of likely N-dealkylation sites (tertiary alicyclic amines) is 2. The van der Waals surface area contributed by atoms with Crippen LogP contribution < -0.4 is 5.73 Å². The van der Waals surface area contributed by atoms with Gasteiger partial charge >= 0.3 is 0 Å². The minimum Gasteiger partial charge on any atom is -0.329 e. The topological polar surface area (TPSA) is 32.5 Å². The van der Waals surface area contributed by atoms with Gasteiger partial charge < -0.3 is 10.6 Å². The van der Waals surface area contributed by atoms with E-state index in [1.807, 2.05) is 0 Å². The molecule has 3 heteroatoms. The van der Waals surface area contributed by atoms with E-state index in [0.717, 1.165) is 6.54 Å². The van der Waals surface area contributed by atoms with Crippen LogP contribution in [0.2, 0.25) is 0 Å². The summed E-state index contributed by atoms with van der Waals surface area (Å²) >= 11 is 0. The molecule has 2 aliphatic rings. The molecular formula is C17H35N3. The highest BCUT2D eigenvalue weighted by Gasteiger charge is 2.42. The molecular weight excluding hydrogens is 246 g/mol. The summed E-state index contributed by atoms with van der Waals surface area (Å²) < 4.78 is 0. The molecule has 0 unspecified atom stereocenters. The van der Waals surface area contributed by atoms with E-state index in [9.17, 15) is 0 Å². The van der Waals surface area contributed by atoms with Gasteiger partial charge in [0.1, 0.15) is 0 Å². The highest BCUT2D eigenvalue weighted by molar-refractivity contribution is 4.99. The zero-order valence-electron chi connectivity index (χ0n) is 14.0. The van der Waals surface area contributed by atoms with Crippen LogP contribution in [-0.2, 0) is 0 Å². The van der Waals surface area contributed by atoms with E-state index in [2.05, 4.69) is 30.6 Å². The number of nitrogens with zero attached hydrogens (tertiary/aromatic N) is 2. The van der Waals surface area contributed by atoms with Crippen molar-refractivity contribution in [2.45, 2.75) is 64.8 Å². The lowest BCUT2D eigenvalue weighted by Crippen LogP contribution is -2.61. The Morgan fingerprint density at radius 1 is 0.850 bits per heavy atom. The second-order valence-corrected chi connectivity index (χ2v) is 7.06. The highest BCUT2D eigenvalue weighted by Crippen LogP contribution is 2.41. The van der Waals surface area contributed by atoms with Crippen molar-refractivity contribution in [3.8, 4) is 0 Å². The Morgan fingerprint density at radius 3 is 1.80 bits per heavy atom. The molecule has 20 heavy (non-hydrogen) atoms. The van der Waals surface area contributed by atoms with Crippen molar-refractivity contribution in [3.63, 3.8) is 0 Å². The normalized spacial score (nSPS) is 27.6. The first-order valence-electron chi connectivity index (χ1n) is 8.81. The van der Waals surface area contributed by atoms with Gasteiger partial charge in [-0.05, 0) is 63.8 Å². The first kappa shape index (κ1) is 16.3. The van der Waals surface area contributed by atoms with Gasteiger partial charge in [0.2, 0.25) is 0 Å². The molecule has 0 aromatic heterocycles. The fraction of sp³-hybridized carbons (Fsp3) is 1.00. The third-order valence-electron chi connectivity index (χ3n) is 6.61. The van der Waals surface area contributed by atoms with Crippen molar-refractivity contribution in [2.75, 3.05) is 39.3 Å². The predicted molar refractivity (Wildman–Crippen MR) is 87.0 cm³/mol. The summed E-state index contributed by atoms with van der Waals surface area (Å²) in [6.45, 7) is 14.1. The predicted octanol–water partition coefficient (Wildman–Crippen LogP) is 2.70. The van der Waals surface area contributed by atoms with Crippen LogP contribution in [-0.4, -0.2) is 54.6 Å². The van der Waals surface area contributed by atoms with E-state index in [0.29, 0.717) is 11.0 Å². The Morgan fingerprint density at radius 2 is 1.40 bits per heavy atom. The Kier molecular flexibility index (Phi) is 5.49. The molecule has 0 aliphatic carbocycles. The van der Waals surface area contributed by atoms with Crippen LogP contribution in [0.5, 0.6) is 0 Å². The van der Waals surface area contributed by atoms with Crippen molar-refractivity contribution in [2.24, 2.45) is 11.1 Å². The number of piperidine rings is 2. The van der Waals surface area contributed by atoms with Gasteiger partial charge in [-0.25, -0.2) is 0 Å². The average molecular weight is 281 g/mol. The van der Waals surface area contributed by atoms with Crippen LogP contribution in [0.15, 0.2) is 0 Å². The quantitative estimate of drug-likeness (QED) is 0.841. The lowest BCUT2D eigenvalue weighted by Gasteiger charge is -2.52. The van der Waals surface area contributed by atoms with Crippen LogP contribution in [0.25, 0.3) is 0 Å². The van der Waals surface area contributed by atoms with E-state index in [1.54, 1.807) is 0 Å². The molecule has 0 aromatic rings. The minimum atomic E-state index is 0.305. The highest BCUT2D eigenvalue weighted by atomic mass is 15.2. The Balaban J connectivity index is 1.97. The number of rotatable bonds is 5. The van der Waals surface area contributed by atoms with Crippen LogP contribution in [0.4, 0.5) is 0 Å².